The summed E-state index contributed by atoms with van der Waals surface area (Å²) in [6.07, 6.45) is 6.46. The van der Waals surface area contributed by atoms with Crippen LogP contribution in [0.2, 0.25) is 0 Å². The van der Waals surface area contributed by atoms with Gasteiger partial charge in [0.1, 0.15) is 5.54 Å². The highest BCUT2D eigenvalue weighted by Crippen LogP contribution is 2.33. The molecular weight excluding hydrogens is 360 g/mol. The van der Waals surface area contributed by atoms with Crippen molar-refractivity contribution in [1.82, 2.24) is 25.2 Å². The minimum Gasteiger partial charge on any atom is -0.381 e. The fourth-order valence-corrected chi connectivity index (χ4v) is 3.39. The van der Waals surface area contributed by atoms with Crippen molar-refractivity contribution < 1.29 is 14.1 Å². The van der Waals surface area contributed by atoms with Gasteiger partial charge in [0.2, 0.25) is 0 Å². The predicted octanol–water partition coefficient (Wildman–Crippen LogP) is 2.61. The SMILES string of the molecule is Cc1cc(C2(NC(=O)Nc3cccnc3-c3cnn(C)c3)CCOCC2)on1. The van der Waals surface area contributed by atoms with E-state index in [4.69, 9.17) is 9.26 Å². The minimum absolute atomic E-state index is 0.339. The number of ether oxygens (including phenoxy) is 1. The molecule has 0 spiro atoms. The molecule has 2 N–H and O–H groups in total. The second kappa shape index (κ2) is 7.43. The second-order valence-corrected chi connectivity index (χ2v) is 6.91. The number of urea groups is 1. The number of hydrogen-bond donors (Lipinski definition) is 2. The van der Waals surface area contributed by atoms with Gasteiger partial charge in [-0.15, -0.1) is 0 Å². The Kier molecular flexibility index (Phi) is 4.82. The molecule has 9 heteroatoms. The summed E-state index contributed by atoms with van der Waals surface area (Å²) in [6, 6.07) is 5.11. The molecule has 0 unspecified atom stereocenters. The lowest BCUT2D eigenvalue weighted by Gasteiger charge is -2.35. The van der Waals surface area contributed by atoms with E-state index in [-0.39, 0.29) is 6.03 Å². The topological polar surface area (TPSA) is 107 Å². The summed E-state index contributed by atoms with van der Waals surface area (Å²) >= 11 is 0. The number of carbonyl (C=O) groups is 1. The molecule has 0 radical (unpaired) electrons. The Bertz CT molecular complexity index is 973. The van der Waals surface area contributed by atoms with E-state index in [2.05, 4.69) is 25.9 Å². The van der Waals surface area contributed by atoms with E-state index >= 15 is 0 Å². The number of amides is 2. The maximum absolute atomic E-state index is 12.9. The molecule has 0 atom stereocenters. The first-order valence-corrected chi connectivity index (χ1v) is 9.10. The average molecular weight is 382 g/mol. The summed E-state index contributed by atoms with van der Waals surface area (Å²) in [6.45, 7) is 2.93. The number of pyridine rings is 1. The maximum Gasteiger partial charge on any atom is 0.320 e. The second-order valence-electron chi connectivity index (χ2n) is 6.91. The van der Waals surface area contributed by atoms with Gasteiger partial charge in [-0.3, -0.25) is 9.67 Å². The summed E-state index contributed by atoms with van der Waals surface area (Å²) in [4.78, 5) is 17.3. The van der Waals surface area contributed by atoms with E-state index in [1.165, 1.54) is 0 Å². The molecule has 3 aromatic rings. The number of anilines is 1. The zero-order valence-electron chi connectivity index (χ0n) is 15.8. The normalized spacial score (nSPS) is 15.9. The van der Waals surface area contributed by atoms with Crippen LogP contribution in [0.1, 0.15) is 24.3 Å². The molecule has 146 valence electrons. The van der Waals surface area contributed by atoms with Crippen molar-refractivity contribution in [3.63, 3.8) is 0 Å². The first kappa shape index (κ1) is 18.2. The van der Waals surface area contributed by atoms with Gasteiger partial charge in [0.05, 0.1) is 23.3 Å². The smallest absolute Gasteiger partial charge is 0.320 e. The highest BCUT2D eigenvalue weighted by Gasteiger charge is 2.39. The number of carbonyl (C=O) groups excluding carboxylic acids is 1. The molecule has 1 fully saturated rings. The van der Waals surface area contributed by atoms with Crippen LogP contribution in [0, 0.1) is 6.92 Å². The number of nitrogens with zero attached hydrogens (tertiary/aromatic N) is 4. The fourth-order valence-electron chi connectivity index (χ4n) is 3.39. The Morgan fingerprint density at radius 3 is 2.82 bits per heavy atom. The lowest BCUT2D eigenvalue weighted by atomic mass is 9.87. The van der Waals surface area contributed by atoms with Gasteiger partial charge in [-0.25, -0.2) is 4.79 Å². The van der Waals surface area contributed by atoms with E-state index in [1.807, 2.05) is 32.3 Å². The zero-order chi connectivity index (χ0) is 19.6. The van der Waals surface area contributed by atoms with Crippen LogP contribution in [0.15, 0.2) is 41.3 Å². The van der Waals surface area contributed by atoms with E-state index in [1.54, 1.807) is 23.1 Å². The van der Waals surface area contributed by atoms with Gasteiger partial charge in [0.25, 0.3) is 0 Å². The monoisotopic (exact) mass is 382 g/mol. The van der Waals surface area contributed by atoms with E-state index in [9.17, 15) is 4.79 Å². The highest BCUT2D eigenvalue weighted by atomic mass is 16.5. The molecule has 4 rings (SSSR count). The minimum atomic E-state index is -0.653. The van der Waals surface area contributed by atoms with E-state index in [0.717, 1.165) is 11.3 Å². The van der Waals surface area contributed by atoms with Gasteiger partial charge in [0, 0.05) is 57.1 Å². The Morgan fingerprint density at radius 2 is 2.14 bits per heavy atom. The van der Waals surface area contributed by atoms with Gasteiger partial charge in [-0.05, 0) is 19.1 Å². The highest BCUT2D eigenvalue weighted by molar-refractivity contribution is 5.93. The van der Waals surface area contributed by atoms with Crippen LogP contribution in [0.4, 0.5) is 10.5 Å². The van der Waals surface area contributed by atoms with E-state index < -0.39 is 5.54 Å². The van der Waals surface area contributed by atoms with Crippen LogP contribution in [-0.4, -0.2) is 39.2 Å². The molecule has 0 aliphatic carbocycles. The summed E-state index contributed by atoms with van der Waals surface area (Å²) in [7, 11) is 1.83. The summed E-state index contributed by atoms with van der Waals surface area (Å²) in [5, 5.41) is 14.1. The molecule has 1 aliphatic rings. The third kappa shape index (κ3) is 3.61. The first-order valence-electron chi connectivity index (χ1n) is 9.10. The molecule has 1 saturated heterocycles. The molecule has 0 saturated carbocycles. The molecule has 28 heavy (non-hydrogen) atoms. The van der Waals surface area contributed by atoms with Gasteiger partial charge < -0.3 is 19.9 Å². The molecule has 0 bridgehead atoms. The van der Waals surface area contributed by atoms with Crippen LogP contribution in [-0.2, 0) is 17.3 Å². The van der Waals surface area contributed by atoms with Crippen molar-refractivity contribution >= 4 is 11.7 Å². The van der Waals surface area contributed by atoms with Crippen LogP contribution < -0.4 is 10.6 Å². The average Bonchev–Trinajstić information content (AvgIpc) is 3.31. The van der Waals surface area contributed by atoms with Crippen molar-refractivity contribution in [2.75, 3.05) is 18.5 Å². The van der Waals surface area contributed by atoms with Gasteiger partial charge in [-0.1, -0.05) is 5.16 Å². The molecule has 4 heterocycles. The van der Waals surface area contributed by atoms with Gasteiger partial charge in [0.15, 0.2) is 5.76 Å². The fraction of sp³-hybridized carbons (Fsp3) is 0.368. The number of aryl methyl sites for hydroxylation is 2. The van der Waals surface area contributed by atoms with Crippen molar-refractivity contribution in [2.24, 2.45) is 7.05 Å². The largest absolute Gasteiger partial charge is 0.381 e. The lowest BCUT2D eigenvalue weighted by molar-refractivity contribution is 0.0307. The Balaban J connectivity index is 1.57. The van der Waals surface area contributed by atoms with Crippen LogP contribution >= 0.6 is 0 Å². The van der Waals surface area contributed by atoms with Crippen LogP contribution in [0.5, 0.6) is 0 Å². The van der Waals surface area contributed by atoms with Crippen LogP contribution in [0.3, 0.4) is 0 Å². The molecule has 0 aromatic carbocycles. The molecule has 2 amide bonds. The molecular formula is C19H22N6O3. The Labute approximate surface area is 162 Å². The summed E-state index contributed by atoms with van der Waals surface area (Å²) in [5.74, 6) is 0.641. The number of hydrogen-bond acceptors (Lipinski definition) is 6. The Hall–Kier alpha value is -3.20. The predicted molar refractivity (Wildman–Crippen MR) is 102 cm³/mol. The van der Waals surface area contributed by atoms with Crippen molar-refractivity contribution in [2.45, 2.75) is 25.3 Å². The maximum atomic E-state index is 12.9. The summed E-state index contributed by atoms with van der Waals surface area (Å²) < 4.78 is 12.7. The Morgan fingerprint density at radius 1 is 1.32 bits per heavy atom. The van der Waals surface area contributed by atoms with Crippen LogP contribution in [0.25, 0.3) is 11.3 Å². The van der Waals surface area contributed by atoms with Crippen molar-refractivity contribution in [3.8, 4) is 11.3 Å². The van der Waals surface area contributed by atoms with Crippen molar-refractivity contribution in [3.05, 3.63) is 48.2 Å². The quantitative estimate of drug-likeness (QED) is 0.718. The van der Waals surface area contributed by atoms with Gasteiger partial charge >= 0.3 is 6.03 Å². The molecule has 1 aliphatic heterocycles. The zero-order valence-corrected chi connectivity index (χ0v) is 15.8. The molecule has 9 nitrogen and oxygen atoms in total. The number of nitrogens with one attached hydrogen (secondary N) is 2. The third-order valence-corrected chi connectivity index (χ3v) is 4.83. The summed E-state index contributed by atoms with van der Waals surface area (Å²) in [5.41, 5.74) is 2.20. The number of rotatable bonds is 4. The first-order chi connectivity index (χ1) is 13.6. The number of aromatic nitrogens is 4. The molecule has 3 aromatic heterocycles. The standard InChI is InChI=1S/C19H22N6O3/c1-13-10-16(28-24-13)19(5-8-27-9-6-19)23-18(26)22-15-4-3-7-20-17(15)14-11-21-25(2)12-14/h3-4,7,10-12H,5-6,8-9H2,1-2H3,(H2,22,23,26). The van der Waals surface area contributed by atoms with Gasteiger partial charge in [-0.2, -0.15) is 5.10 Å². The van der Waals surface area contributed by atoms with Crippen molar-refractivity contribution in [1.29, 1.82) is 0 Å². The third-order valence-electron chi connectivity index (χ3n) is 4.83. The van der Waals surface area contributed by atoms with E-state index in [0.29, 0.717) is 43.2 Å². The lowest BCUT2D eigenvalue weighted by Crippen LogP contribution is -2.50.